The number of carbonyl (C=O) groups excluding carboxylic acids is 1. The first kappa shape index (κ1) is 15.3. The zero-order chi connectivity index (χ0) is 14.4. The summed E-state index contributed by atoms with van der Waals surface area (Å²) in [5.41, 5.74) is 0.224. The van der Waals surface area contributed by atoms with Crippen LogP contribution in [0.15, 0.2) is 24.3 Å². The minimum Gasteiger partial charge on any atom is -0.395 e. The number of aliphatic hydroxyl groups excluding tert-OH is 1. The largest absolute Gasteiger partial charge is 0.395 e. The van der Waals surface area contributed by atoms with Gasteiger partial charge in [-0.15, -0.1) is 0 Å². The summed E-state index contributed by atoms with van der Waals surface area (Å²) in [4.78, 5) is 24.0. The number of aliphatic hydroxyl groups is 1. The van der Waals surface area contributed by atoms with Crippen LogP contribution in [0.1, 0.15) is 24.2 Å². The van der Waals surface area contributed by atoms with E-state index in [1.165, 1.54) is 18.2 Å². The molecule has 1 N–H and O–H groups in total. The molecule has 0 atom stereocenters. The average Bonchev–Trinajstić information content (AvgIpc) is 2.38. The highest BCUT2D eigenvalue weighted by atomic mass is 16.6. The number of carbonyl (C=O) groups is 1. The number of rotatable bonds is 7. The Morgan fingerprint density at radius 2 is 2.16 bits per heavy atom. The first-order valence-corrected chi connectivity index (χ1v) is 6.08. The van der Waals surface area contributed by atoms with Gasteiger partial charge in [0.2, 0.25) is 0 Å². The fourth-order valence-electron chi connectivity index (χ4n) is 1.72. The van der Waals surface area contributed by atoms with E-state index in [2.05, 4.69) is 0 Å². The highest BCUT2D eigenvalue weighted by Gasteiger charge is 2.16. The quantitative estimate of drug-likeness (QED) is 0.459. The number of Topliss-reactive ketones (excluding diaryl/α,β-unsaturated/α-hetero) is 1. The lowest BCUT2D eigenvalue weighted by Crippen LogP contribution is -2.37. The van der Waals surface area contributed by atoms with E-state index in [1.54, 1.807) is 6.07 Å². The van der Waals surface area contributed by atoms with Crippen molar-refractivity contribution in [3.05, 3.63) is 39.9 Å². The van der Waals surface area contributed by atoms with Crippen molar-refractivity contribution in [2.45, 2.75) is 19.9 Å². The van der Waals surface area contributed by atoms with Crippen molar-refractivity contribution >= 4 is 11.5 Å². The minimum absolute atomic E-state index is 0.0274. The Labute approximate surface area is 111 Å². The SMILES string of the molecule is CC(C)N(CCO)CC(=O)c1cccc([N+](=O)[O-])c1. The van der Waals surface area contributed by atoms with E-state index in [0.717, 1.165) is 0 Å². The van der Waals surface area contributed by atoms with Crippen LogP contribution in [0.4, 0.5) is 5.69 Å². The van der Waals surface area contributed by atoms with Crippen LogP contribution in [0.25, 0.3) is 0 Å². The highest BCUT2D eigenvalue weighted by molar-refractivity contribution is 5.98. The highest BCUT2D eigenvalue weighted by Crippen LogP contribution is 2.14. The van der Waals surface area contributed by atoms with E-state index >= 15 is 0 Å². The molecule has 1 rings (SSSR count). The topological polar surface area (TPSA) is 83.7 Å². The fourth-order valence-corrected chi connectivity index (χ4v) is 1.72. The van der Waals surface area contributed by atoms with Gasteiger partial charge in [-0.3, -0.25) is 19.8 Å². The summed E-state index contributed by atoms with van der Waals surface area (Å²) in [6.45, 7) is 4.37. The minimum atomic E-state index is -0.523. The Morgan fingerprint density at radius 3 is 2.68 bits per heavy atom. The van der Waals surface area contributed by atoms with Crippen LogP contribution in [0.3, 0.4) is 0 Å². The third-order valence-electron chi connectivity index (χ3n) is 2.84. The van der Waals surface area contributed by atoms with Crippen LogP contribution in [-0.2, 0) is 0 Å². The number of nitro benzene ring substituents is 1. The van der Waals surface area contributed by atoms with E-state index in [1.807, 2.05) is 18.7 Å². The Hall–Kier alpha value is -1.79. The van der Waals surface area contributed by atoms with E-state index in [0.29, 0.717) is 12.1 Å². The maximum atomic E-state index is 12.1. The summed E-state index contributed by atoms with van der Waals surface area (Å²) in [5.74, 6) is -0.189. The maximum Gasteiger partial charge on any atom is 0.270 e. The van der Waals surface area contributed by atoms with Crippen LogP contribution < -0.4 is 0 Å². The van der Waals surface area contributed by atoms with Crippen molar-refractivity contribution in [3.63, 3.8) is 0 Å². The predicted molar refractivity (Wildman–Crippen MR) is 71.2 cm³/mol. The molecular weight excluding hydrogens is 248 g/mol. The lowest BCUT2D eigenvalue weighted by Gasteiger charge is -2.24. The molecule has 0 aliphatic heterocycles. The molecule has 0 radical (unpaired) electrons. The van der Waals surface area contributed by atoms with Crippen molar-refractivity contribution < 1.29 is 14.8 Å². The molecule has 1 aromatic carbocycles. The van der Waals surface area contributed by atoms with Crippen molar-refractivity contribution in [2.75, 3.05) is 19.7 Å². The average molecular weight is 266 g/mol. The molecule has 0 aliphatic carbocycles. The normalized spacial score (nSPS) is 11.0. The molecule has 0 aliphatic rings. The van der Waals surface area contributed by atoms with Gasteiger partial charge in [0.1, 0.15) is 0 Å². The summed E-state index contributed by atoms with van der Waals surface area (Å²) in [5, 5.41) is 19.6. The number of benzene rings is 1. The standard InChI is InChI=1S/C13H18N2O4/c1-10(2)14(6-7-16)9-13(17)11-4-3-5-12(8-11)15(18)19/h3-5,8,10,16H,6-7,9H2,1-2H3. The Morgan fingerprint density at radius 1 is 1.47 bits per heavy atom. The summed E-state index contributed by atoms with van der Waals surface area (Å²) in [6.07, 6.45) is 0. The van der Waals surface area contributed by atoms with Gasteiger partial charge in [0.25, 0.3) is 5.69 Å². The molecule has 0 fully saturated rings. The molecule has 1 aromatic rings. The number of nitrogens with zero attached hydrogens (tertiary/aromatic N) is 2. The summed E-state index contributed by atoms with van der Waals surface area (Å²) in [6, 6.07) is 5.81. The molecule has 0 unspecified atom stereocenters. The van der Waals surface area contributed by atoms with E-state index in [9.17, 15) is 14.9 Å². The van der Waals surface area contributed by atoms with Gasteiger partial charge in [-0.2, -0.15) is 0 Å². The molecular formula is C13H18N2O4. The number of hydrogen-bond donors (Lipinski definition) is 1. The molecule has 0 aromatic heterocycles. The zero-order valence-electron chi connectivity index (χ0n) is 11.1. The lowest BCUT2D eigenvalue weighted by atomic mass is 10.1. The number of hydrogen-bond acceptors (Lipinski definition) is 5. The third kappa shape index (κ3) is 4.42. The first-order valence-electron chi connectivity index (χ1n) is 6.08. The Kier molecular flexibility index (Phi) is 5.59. The molecule has 0 saturated heterocycles. The monoisotopic (exact) mass is 266 g/mol. The number of ketones is 1. The lowest BCUT2D eigenvalue weighted by molar-refractivity contribution is -0.384. The van der Waals surface area contributed by atoms with Gasteiger partial charge in [-0.1, -0.05) is 12.1 Å². The van der Waals surface area contributed by atoms with Gasteiger partial charge in [0, 0.05) is 30.3 Å². The second-order valence-electron chi connectivity index (χ2n) is 4.52. The third-order valence-corrected chi connectivity index (χ3v) is 2.84. The van der Waals surface area contributed by atoms with Gasteiger partial charge in [0.05, 0.1) is 18.1 Å². The van der Waals surface area contributed by atoms with Gasteiger partial charge >= 0.3 is 0 Å². The van der Waals surface area contributed by atoms with Gasteiger partial charge in [-0.25, -0.2) is 0 Å². The molecule has 6 nitrogen and oxygen atoms in total. The number of nitro groups is 1. The van der Waals surface area contributed by atoms with Crippen molar-refractivity contribution in [1.82, 2.24) is 4.90 Å². The molecule has 0 amide bonds. The Bertz CT molecular complexity index is 460. The number of non-ortho nitro benzene ring substituents is 1. The summed E-state index contributed by atoms with van der Waals surface area (Å²) < 4.78 is 0. The van der Waals surface area contributed by atoms with Crippen LogP contribution >= 0.6 is 0 Å². The second-order valence-corrected chi connectivity index (χ2v) is 4.52. The first-order chi connectivity index (χ1) is 8.95. The molecule has 0 bridgehead atoms. The van der Waals surface area contributed by atoms with E-state index < -0.39 is 4.92 Å². The van der Waals surface area contributed by atoms with Crippen molar-refractivity contribution in [3.8, 4) is 0 Å². The Balaban J connectivity index is 2.82. The van der Waals surface area contributed by atoms with Gasteiger partial charge in [-0.05, 0) is 13.8 Å². The van der Waals surface area contributed by atoms with Gasteiger partial charge < -0.3 is 5.11 Å². The zero-order valence-corrected chi connectivity index (χ0v) is 11.1. The second kappa shape index (κ2) is 6.96. The molecule has 0 saturated carbocycles. The summed E-state index contributed by atoms with van der Waals surface area (Å²) in [7, 11) is 0. The van der Waals surface area contributed by atoms with Crippen LogP contribution in [-0.4, -0.2) is 46.5 Å². The molecule has 6 heteroatoms. The maximum absolute atomic E-state index is 12.1. The predicted octanol–water partition coefficient (Wildman–Crippen LogP) is 1.48. The molecule has 0 spiro atoms. The molecule has 0 heterocycles. The smallest absolute Gasteiger partial charge is 0.270 e. The van der Waals surface area contributed by atoms with Crippen LogP contribution in [0, 0.1) is 10.1 Å². The van der Waals surface area contributed by atoms with Crippen molar-refractivity contribution in [1.29, 1.82) is 0 Å². The van der Waals surface area contributed by atoms with Gasteiger partial charge in [0.15, 0.2) is 5.78 Å². The van der Waals surface area contributed by atoms with Crippen LogP contribution in [0.2, 0.25) is 0 Å². The van der Waals surface area contributed by atoms with Crippen LogP contribution in [0.5, 0.6) is 0 Å². The summed E-state index contributed by atoms with van der Waals surface area (Å²) >= 11 is 0. The molecule has 19 heavy (non-hydrogen) atoms. The molecule has 104 valence electrons. The fraction of sp³-hybridized carbons (Fsp3) is 0.462. The van der Waals surface area contributed by atoms with E-state index in [-0.39, 0.29) is 30.7 Å². The van der Waals surface area contributed by atoms with Crippen molar-refractivity contribution in [2.24, 2.45) is 0 Å². The van der Waals surface area contributed by atoms with E-state index in [4.69, 9.17) is 5.11 Å².